The summed E-state index contributed by atoms with van der Waals surface area (Å²) in [5.41, 5.74) is 0. The predicted octanol–water partition coefficient (Wildman–Crippen LogP) is 8.30. The van der Waals surface area contributed by atoms with Crippen LogP contribution in [0, 0.1) is 0 Å². The second-order valence-electron chi connectivity index (χ2n) is 17.3. The number of rotatable bonds is 42. The quantitative estimate of drug-likeness (QED) is 0.0123. The Kier molecular flexibility index (Phi) is 44.5. The summed E-state index contributed by atoms with van der Waals surface area (Å²) in [5, 5.41) is 31.7. The van der Waals surface area contributed by atoms with E-state index in [1.54, 1.807) is 0 Å². The molecule has 1 aliphatic carbocycles. The van der Waals surface area contributed by atoms with Crippen LogP contribution in [0.5, 0.6) is 0 Å². The van der Waals surface area contributed by atoms with Gasteiger partial charge >= 0.3 is 11.9 Å². The van der Waals surface area contributed by atoms with Crippen LogP contribution in [-0.4, -0.2) is 93.0 Å². The van der Waals surface area contributed by atoms with Gasteiger partial charge in [-0.2, -0.15) is 0 Å². The highest BCUT2D eigenvalue weighted by Crippen LogP contribution is 2.47. The van der Waals surface area contributed by atoms with E-state index in [1.807, 2.05) is 0 Å². The van der Waals surface area contributed by atoms with Crippen LogP contribution in [0.4, 0.5) is 0 Å². The van der Waals surface area contributed by atoms with Gasteiger partial charge in [0.05, 0.1) is 6.61 Å². The Labute approximate surface area is 417 Å². The van der Waals surface area contributed by atoms with E-state index in [-0.39, 0.29) is 31.3 Å². The molecule has 25 heteroatoms. The summed E-state index contributed by atoms with van der Waals surface area (Å²) in [5.74, 6) is -1.38. The minimum absolute atomic E-state index is 0. The molecule has 0 spiro atoms. The lowest BCUT2D eigenvalue weighted by Crippen LogP contribution is -2.65. The van der Waals surface area contributed by atoms with Crippen molar-refractivity contribution in [2.75, 3.05) is 13.2 Å². The number of aliphatic hydroxyl groups is 3. The van der Waals surface area contributed by atoms with Crippen molar-refractivity contribution in [3.05, 3.63) is 24.3 Å². The second-order valence-corrected chi connectivity index (χ2v) is 21.0. The van der Waals surface area contributed by atoms with Gasteiger partial charge in [-0.25, -0.2) is 0 Å². The van der Waals surface area contributed by atoms with Crippen molar-refractivity contribution in [3.63, 3.8) is 0 Å². The van der Waals surface area contributed by atoms with E-state index in [0.717, 1.165) is 77.0 Å². The standard InChI is InChI=1S/C45H85O19P3.3H3N/c1-3-5-7-9-11-13-15-17-19-21-23-25-27-29-31-33-38(46)59-35-37(61-39(47)34-32-30-28-26-24-22-20-18-16-14-12-10-8-6-4-2)36-60-67(57,58)64-45-41(49)43(62-65(51,52)53)40(48)44(42(45)50)63-66(54,55)56;;;/h17-20,37,40-45,48-50H,3-16,21-36H2,1-2H3,(H,57,58)(H2,51,52,53)(H2,54,55,56);3*1H3/b19-17-,20-18-;;;/t37-,40?,41?,42?,43-,44?,45?;;;/m1.../s1. The zero-order chi connectivity index (χ0) is 50.0. The molecule has 0 radical (unpaired) electrons. The Bertz CT molecular complexity index is 1480. The molecule has 1 aliphatic rings. The highest BCUT2D eigenvalue weighted by atomic mass is 31.2. The molecule has 0 saturated heterocycles. The van der Waals surface area contributed by atoms with Gasteiger partial charge in [-0.15, -0.1) is 0 Å². The third-order valence-corrected chi connectivity index (χ3v) is 13.2. The van der Waals surface area contributed by atoms with Crippen LogP contribution in [0.2, 0.25) is 0 Å². The SMILES string of the molecule is CCCCCCCC/C=C\CCCCCCCC(=O)OC[C@H](COP(=O)([O-])OC1C(O)C(OP(=O)([O-])O)C(O)[C@@H](OP(=O)([O-])O)C1O)OC(=O)CCCCCCC/C=C\CCCCCCCC.[NH4+].[NH4+].[NH4+]. The van der Waals surface area contributed by atoms with Crippen LogP contribution >= 0.6 is 23.5 Å². The van der Waals surface area contributed by atoms with E-state index in [1.165, 1.54) is 77.0 Å². The van der Waals surface area contributed by atoms with Gasteiger partial charge in [-0.1, -0.05) is 141 Å². The van der Waals surface area contributed by atoms with E-state index in [4.69, 9.17) is 28.3 Å². The second kappa shape index (κ2) is 42.8. The molecule has 17 N–H and O–H groups in total. The fraction of sp³-hybridized carbons (Fsp3) is 0.867. The average molecular weight is 1070 g/mol. The minimum atomic E-state index is -5.83. The molecule has 0 amide bonds. The average Bonchev–Trinajstić information content (AvgIpc) is 3.25. The number of hydrogen-bond acceptors (Lipinski definition) is 17. The van der Waals surface area contributed by atoms with E-state index >= 15 is 0 Å². The van der Waals surface area contributed by atoms with Crippen LogP contribution < -0.4 is 33.1 Å². The number of allylic oxidation sites excluding steroid dienone is 4. The highest BCUT2D eigenvalue weighted by Gasteiger charge is 2.54. The van der Waals surface area contributed by atoms with E-state index in [0.29, 0.717) is 12.8 Å². The third-order valence-electron chi connectivity index (χ3n) is 11.2. The molecule has 0 aliphatic heterocycles. The van der Waals surface area contributed by atoms with Crippen LogP contribution in [0.3, 0.4) is 0 Å². The molecule has 0 heterocycles. The molecule has 10 atom stereocenters. The maximum absolute atomic E-state index is 13.0. The Hall–Kier alpha value is -1.49. The summed E-state index contributed by atoms with van der Waals surface area (Å²) in [7, 11) is -17.4. The first kappa shape index (κ1) is 72.8. The molecule has 8 unspecified atom stereocenters. The lowest BCUT2D eigenvalue weighted by atomic mass is 9.85. The Morgan fingerprint density at radius 2 is 0.800 bits per heavy atom. The van der Waals surface area contributed by atoms with Gasteiger partial charge in [-0.05, 0) is 64.2 Å². The molecule has 418 valence electrons. The maximum Gasteiger partial charge on any atom is 0.306 e. The van der Waals surface area contributed by atoms with Crippen molar-refractivity contribution in [1.29, 1.82) is 0 Å². The van der Waals surface area contributed by atoms with Gasteiger partial charge in [0.1, 0.15) is 43.2 Å². The Morgan fingerprint density at radius 3 is 1.16 bits per heavy atom. The monoisotopic (exact) mass is 1070 g/mol. The summed E-state index contributed by atoms with van der Waals surface area (Å²) in [6.45, 7) is 2.77. The number of esters is 2. The normalized spacial score (nSPS) is 22.2. The zero-order valence-corrected chi connectivity index (χ0v) is 45.5. The van der Waals surface area contributed by atoms with Gasteiger partial charge in [0.2, 0.25) is 0 Å². The molecule has 1 fully saturated rings. The van der Waals surface area contributed by atoms with Gasteiger partial charge in [0, 0.05) is 12.8 Å². The number of unbranched alkanes of at least 4 members (excludes halogenated alkanes) is 22. The lowest BCUT2D eigenvalue weighted by molar-refractivity contribution is -0.278. The third kappa shape index (κ3) is 38.1. The summed E-state index contributed by atoms with van der Waals surface area (Å²) >= 11 is 0. The number of quaternary nitrogens is 3. The number of phosphoric acid groups is 3. The Balaban J connectivity index is -0.0000150. The number of phosphoric ester groups is 3. The smallest absolute Gasteiger partial charge is 0.306 e. The summed E-state index contributed by atoms with van der Waals surface area (Å²) < 4.78 is 64.5. The topological polar surface area (TPSA) is 421 Å². The van der Waals surface area contributed by atoms with Crippen molar-refractivity contribution in [3.8, 4) is 0 Å². The van der Waals surface area contributed by atoms with Crippen LogP contribution in [0.15, 0.2) is 24.3 Å². The zero-order valence-electron chi connectivity index (χ0n) is 42.9. The van der Waals surface area contributed by atoms with Gasteiger partial charge in [0.15, 0.2) is 6.10 Å². The summed E-state index contributed by atoms with van der Waals surface area (Å²) in [6.07, 6.45) is 19.4. The van der Waals surface area contributed by atoms with Crippen molar-refractivity contribution < 1.29 is 90.6 Å². The molecule has 0 aromatic rings. The van der Waals surface area contributed by atoms with Crippen molar-refractivity contribution >= 4 is 35.4 Å². The molecular weight excluding hydrogens is 979 g/mol. The first-order valence-electron chi connectivity index (χ1n) is 24.6. The van der Waals surface area contributed by atoms with Crippen molar-refractivity contribution in [1.82, 2.24) is 18.5 Å². The van der Waals surface area contributed by atoms with Crippen molar-refractivity contribution in [2.24, 2.45) is 0 Å². The minimum Gasteiger partial charge on any atom is -0.756 e. The van der Waals surface area contributed by atoms with Crippen LogP contribution in [-0.2, 0) is 50.9 Å². The van der Waals surface area contributed by atoms with E-state index in [2.05, 4.69) is 47.2 Å². The largest absolute Gasteiger partial charge is 0.756 e. The lowest BCUT2D eigenvalue weighted by Gasteiger charge is -2.47. The molecule has 1 saturated carbocycles. The van der Waals surface area contributed by atoms with Crippen LogP contribution in [0.25, 0.3) is 0 Å². The fourth-order valence-corrected chi connectivity index (χ4v) is 9.57. The number of ether oxygens (including phenoxy) is 2. The molecular formula is C45H94N3O19P3. The van der Waals surface area contributed by atoms with Crippen molar-refractivity contribution in [2.45, 2.75) is 236 Å². The molecule has 22 nitrogen and oxygen atoms in total. The summed E-state index contributed by atoms with van der Waals surface area (Å²) in [6, 6.07) is 0. The molecule has 70 heavy (non-hydrogen) atoms. The van der Waals surface area contributed by atoms with E-state index < -0.39 is 91.3 Å². The number of hydrogen-bond donors (Lipinski definition) is 8. The number of carbonyl (C=O) groups excluding carboxylic acids is 2. The first-order chi connectivity index (χ1) is 31.8. The van der Waals surface area contributed by atoms with Crippen LogP contribution in [0.1, 0.15) is 194 Å². The predicted molar refractivity (Wildman–Crippen MR) is 264 cm³/mol. The highest BCUT2D eigenvalue weighted by molar-refractivity contribution is 7.46. The fourth-order valence-electron chi connectivity index (χ4n) is 7.50. The molecule has 0 aromatic heterocycles. The van der Waals surface area contributed by atoms with Gasteiger partial charge in [-0.3, -0.25) is 23.3 Å². The number of aliphatic hydroxyl groups excluding tert-OH is 3. The van der Waals surface area contributed by atoms with Gasteiger partial charge < -0.3 is 85.8 Å². The number of carbonyl (C=O) groups is 2. The Morgan fingerprint density at radius 1 is 0.486 bits per heavy atom. The molecule has 1 rings (SSSR count). The first-order valence-corrected chi connectivity index (χ1v) is 29.0. The maximum atomic E-state index is 13.0. The summed E-state index contributed by atoms with van der Waals surface area (Å²) in [4.78, 5) is 79.6. The molecule has 0 aromatic carbocycles. The molecule has 0 bridgehead atoms. The van der Waals surface area contributed by atoms with E-state index in [9.17, 15) is 53.3 Å². The van der Waals surface area contributed by atoms with Gasteiger partial charge in [0.25, 0.3) is 23.5 Å².